The monoisotopic (exact) mass is 283 g/mol. The molecular formula is C15H13N3O3. The molecule has 6 nitrogen and oxygen atoms in total. The minimum absolute atomic E-state index is 0.299. The topological polar surface area (TPSA) is 92.2 Å². The molecule has 0 atom stereocenters. The van der Waals surface area contributed by atoms with Crippen LogP contribution in [-0.4, -0.2) is 27.0 Å². The molecule has 0 spiro atoms. The molecular weight excluding hydrogens is 270 g/mol. The number of hydrogen-bond donors (Lipinski definition) is 2. The summed E-state index contributed by atoms with van der Waals surface area (Å²) in [7, 11) is 0. The molecule has 2 heterocycles. The van der Waals surface area contributed by atoms with Crippen molar-refractivity contribution in [3.8, 4) is 0 Å². The van der Waals surface area contributed by atoms with Crippen molar-refractivity contribution in [2.24, 2.45) is 0 Å². The van der Waals surface area contributed by atoms with Crippen LogP contribution in [0.5, 0.6) is 0 Å². The second-order valence-corrected chi connectivity index (χ2v) is 4.35. The number of pyridine rings is 2. The molecule has 2 aromatic heterocycles. The van der Waals surface area contributed by atoms with Gasteiger partial charge in [0.1, 0.15) is 5.82 Å². The Morgan fingerprint density at radius 3 is 2.67 bits per heavy atom. The number of aliphatic carboxylic acids is 1. The van der Waals surface area contributed by atoms with E-state index in [1.807, 2.05) is 6.92 Å². The highest BCUT2D eigenvalue weighted by atomic mass is 16.4. The predicted octanol–water partition coefficient (Wildman–Crippen LogP) is 2.14. The lowest BCUT2D eigenvalue weighted by atomic mass is 10.2. The predicted molar refractivity (Wildman–Crippen MR) is 77.8 cm³/mol. The summed E-state index contributed by atoms with van der Waals surface area (Å²) >= 11 is 0. The average molecular weight is 283 g/mol. The van der Waals surface area contributed by atoms with E-state index in [0.717, 1.165) is 11.6 Å². The number of hydrogen-bond acceptors (Lipinski definition) is 4. The van der Waals surface area contributed by atoms with Gasteiger partial charge in [-0.2, -0.15) is 0 Å². The summed E-state index contributed by atoms with van der Waals surface area (Å²) in [6.45, 7) is 1.85. The van der Waals surface area contributed by atoms with Gasteiger partial charge in [-0.1, -0.05) is 0 Å². The highest BCUT2D eigenvalue weighted by Gasteiger charge is 2.07. The molecule has 0 aliphatic heterocycles. The zero-order valence-corrected chi connectivity index (χ0v) is 11.3. The van der Waals surface area contributed by atoms with E-state index in [2.05, 4.69) is 15.3 Å². The first-order valence-corrected chi connectivity index (χ1v) is 6.14. The Balaban J connectivity index is 2.06. The van der Waals surface area contributed by atoms with Crippen LogP contribution in [0.3, 0.4) is 0 Å². The molecule has 0 aliphatic carbocycles. The summed E-state index contributed by atoms with van der Waals surface area (Å²) in [6, 6.07) is 4.99. The third-order valence-corrected chi connectivity index (χ3v) is 2.58. The molecule has 0 aromatic carbocycles. The van der Waals surface area contributed by atoms with Gasteiger partial charge >= 0.3 is 5.97 Å². The second-order valence-electron chi connectivity index (χ2n) is 4.35. The molecule has 0 bridgehead atoms. The van der Waals surface area contributed by atoms with Crippen molar-refractivity contribution in [2.45, 2.75) is 6.92 Å². The number of nitrogens with one attached hydrogen (secondary N) is 1. The average Bonchev–Trinajstić information content (AvgIpc) is 2.46. The normalized spacial score (nSPS) is 10.5. The zero-order chi connectivity index (χ0) is 15.2. The fourth-order valence-electron chi connectivity index (χ4n) is 1.61. The van der Waals surface area contributed by atoms with E-state index in [9.17, 15) is 9.59 Å². The Morgan fingerprint density at radius 1 is 1.24 bits per heavy atom. The number of nitrogens with zero attached hydrogens (tertiary/aromatic N) is 2. The molecule has 106 valence electrons. The number of aryl methyl sites for hydroxylation is 1. The Labute approximate surface area is 121 Å². The lowest BCUT2D eigenvalue weighted by Gasteiger charge is -2.05. The quantitative estimate of drug-likeness (QED) is 0.839. The van der Waals surface area contributed by atoms with Crippen molar-refractivity contribution in [1.29, 1.82) is 0 Å². The van der Waals surface area contributed by atoms with Crippen molar-refractivity contribution >= 4 is 23.8 Å². The maximum atomic E-state index is 12.0. The number of rotatable bonds is 4. The standard InChI is InChI=1S/C15H13N3O3/c1-10-6-12(9-16-7-10)15(21)18-13-4-2-11(8-17-13)3-5-14(19)20/h2-9H,1H3,(H,19,20)(H,17,18,21). The number of carboxylic acid groups (broad SMARTS) is 1. The molecule has 0 radical (unpaired) electrons. The summed E-state index contributed by atoms with van der Waals surface area (Å²) in [5, 5.41) is 11.2. The minimum atomic E-state index is -1.03. The first-order chi connectivity index (χ1) is 10.0. The highest BCUT2D eigenvalue weighted by Crippen LogP contribution is 2.09. The largest absolute Gasteiger partial charge is 0.478 e. The fourth-order valence-corrected chi connectivity index (χ4v) is 1.61. The molecule has 2 aromatic rings. The van der Waals surface area contributed by atoms with Gasteiger partial charge in [0.05, 0.1) is 5.56 Å². The first kappa shape index (κ1) is 14.4. The van der Waals surface area contributed by atoms with Crippen molar-refractivity contribution in [3.05, 3.63) is 59.6 Å². The molecule has 0 unspecified atom stereocenters. The van der Waals surface area contributed by atoms with Gasteiger partial charge in [0.15, 0.2) is 0 Å². The summed E-state index contributed by atoms with van der Waals surface area (Å²) < 4.78 is 0. The van der Waals surface area contributed by atoms with Crippen molar-refractivity contribution in [3.63, 3.8) is 0 Å². The molecule has 0 saturated heterocycles. The summed E-state index contributed by atoms with van der Waals surface area (Å²) in [5.74, 6) is -0.944. The highest BCUT2D eigenvalue weighted by molar-refractivity contribution is 6.03. The van der Waals surface area contributed by atoms with Crippen LogP contribution in [0.1, 0.15) is 21.5 Å². The molecule has 21 heavy (non-hydrogen) atoms. The van der Waals surface area contributed by atoms with Crippen LogP contribution in [0.2, 0.25) is 0 Å². The Morgan fingerprint density at radius 2 is 2.05 bits per heavy atom. The van der Waals surface area contributed by atoms with Gasteiger partial charge in [0.2, 0.25) is 0 Å². The Hall–Kier alpha value is -3.02. The number of carboxylic acids is 1. The molecule has 0 aliphatic rings. The van der Waals surface area contributed by atoms with Gasteiger partial charge in [0.25, 0.3) is 5.91 Å². The van der Waals surface area contributed by atoms with Gasteiger partial charge in [-0.25, -0.2) is 9.78 Å². The van der Waals surface area contributed by atoms with E-state index in [0.29, 0.717) is 16.9 Å². The smallest absolute Gasteiger partial charge is 0.328 e. The summed E-state index contributed by atoms with van der Waals surface area (Å²) in [6.07, 6.45) is 7.06. The SMILES string of the molecule is Cc1cncc(C(=O)Nc2ccc(C=CC(=O)O)cn2)c1. The number of carbonyl (C=O) groups is 2. The minimum Gasteiger partial charge on any atom is -0.478 e. The fraction of sp³-hybridized carbons (Fsp3) is 0.0667. The van der Waals surface area contributed by atoms with E-state index in [4.69, 9.17) is 5.11 Å². The molecule has 0 saturated carbocycles. The van der Waals surface area contributed by atoms with Crippen LogP contribution in [-0.2, 0) is 4.79 Å². The summed E-state index contributed by atoms with van der Waals surface area (Å²) in [5.41, 5.74) is 1.98. The maximum Gasteiger partial charge on any atom is 0.328 e. The molecule has 1 amide bonds. The molecule has 6 heteroatoms. The van der Waals surface area contributed by atoms with Crippen LogP contribution in [0.4, 0.5) is 5.82 Å². The lowest BCUT2D eigenvalue weighted by Crippen LogP contribution is -2.13. The first-order valence-electron chi connectivity index (χ1n) is 6.14. The van der Waals surface area contributed by atoms with Crippen LogP contribution in [0.15, 0.2) is 42.9 Å². The van der Waals surface area contributed by atoms with Crippen molar-refractivity contribution in [2.75, 3.05) is 5.32 Å². The molecule has 0 fully saturated rings. The van der Waals surface area contributed by atoms with Gasteiger partial charge < -0.3 is 10.4 Å². The van der Waals surface area contributed by atoms with Crippen molar-refractivity contribution in [1.82, 2.24) is 9.97 Å². The maximum absolute atomic E-state index is 12.0. The van der Waals surface area contributed by atoms with Crippen LogP contribution >= 0.6 is 0 Å². The van der Waals surface area contributed by atoms with Gasteiger partial charge in [-0.05, 0) is 42.3 Å². The summed E-state index contributed by atoms with van der Waals surface area (Å²) in [4.78, 5) is 30.4. The number of carbonyl (C=O) groups excluding carboxylic acids is 1. The van der Waals surface area contributed by atoms with E-state index in [1.54, 1.807) is 24.4 Å². The van der Waals surface area contributed by atoms with Crippen molar-refractivity contribution < 1.29 is 14.7 Å². The van der Waals surface area contributed by atoms with Crippen LogP contribution < -0.4 is 5.32 Å². The van der Waals surface area contributed by atoms with Gasteiger partial charge in [0, 0.05) is 24.7 Å². The van der Waals surface area contributed by atoms with Gasteiger partial charge in [-0.3, -0.25) is 9.78 Å². The number of anilines is 1. The van der Waals surface area contributed by atoms with Gasteiger partial charge in [-0.15, -0.1) is 0 Å². The van der Waals surface area contributed by atoms with Crippen LogP contribution in [0.25, 0.3) is 6.08 Å². The number of aromatic nitrogens is 2. The number of amides is 1. The Kier molecular flexibility index (Phi) is 4.40. The van der Waals surface area contributed by atoms with Crippen LogP contribution in [0, 0.1) is 6.92 Å². The zero-order valence-electron chi connectivity index (χ0n) is 11.3. The molecule has 2 N–H and O–H groups in total. The molecule has 2 rings (SSSR count). The van der Waals surface area contributed by atoms with E-state index >= 15 is 0 Å². The van der Waals surface area contributed by atoms with E-state index < -0.39 is 5.97 Å². The van der Waals surface area contributed by atoms with E-state index in [-0.39, 0.29) is 5.91 Å². The third kappa shape index (κ3) is 4.24. The second kappa shape index (κ2) is 6.42. The Bertz CT molecular complexity index is 694. The lowest BCUT2D eigenvalue weighted by molar-refractivity contribution is -0.131. The van der Waals surface area contributed by atoms with E-state index in [1.165, 1.54) is 18.5 Å². The third-order valence-electron chi connectivity index (χ3n) is 2.58.